The number of halogens is 1. The molecule has 0 saturated heterocycles. The highest BCUT2D eigenvalue weighted by molar-refractivity contribution is 6.34. The Morgan fingerprint density at radius 2 is 1.93 bits per heavy atom. The van der Waals surface area contributed by atoms with Crippen LogP contribution in [0.25, 0.3) is 11.0 Å². The average molecular weight is 209 g/mol. The van der Waals surface area contributed by atoms with Gasteiger partial charge in [-0.05, 0) is 11.5 Å². The fourth-order valence-electron chi connectivity index (χ4n) is 1.60. The zero-order valence-corrected chi connectivity index (χ0v) is 9.35. The van der Waals surface area contributed by atoms with Crippen LogP contribution in [-0.2, 0) is 5.41 Å². The molecule has 1 aromatic carbocycles. The molecule has 0 aliphatic carbocycles. The summed E-state index contributed by atoms with van der Waals surface area (Å²) in [4.78, 5) is 0. The van der Waals surface area contributed by atoms with E-state index in [0.717, 1.165) is 11.0 Å². The standard InChI is InChI=1S/C12H13ClO/c1-12(2,3)9-7-14-11-8(9)5-4-6-10(11)13/h4-7H,1-3H3. The van der Waals surface area contributed by atoms with Crippen LogP contribution in [0.3, 0.4) is 0 Å². The molecule has 74 valence electrons. The maximum Gasteiger partial charge on any atom is 0.152 e. The van der Waals surface area contributed by atoms with Crippen LogP contribution in [0.5, 0.6) is 0 Å². The number of rotatable bonds is 0. The molecule has 0 unspecified atom stereocenters. The van der Waals surface area contributed by atoms with Crippen LogP contribution in [0, 0.1) is 0 Å². The first-order valence-corrected chi connectivity index (χ1v) is 5.04. The van der Waals surface area contributed by atoms with Gasteiger partial charge in [0, 0.05) is 10.9 Å². The third-order valence-electron chi connectivity index (χ3n) is 2.36. The van der Waals surface area contributed by atoms with Crippen LogP contribution in [0.15, 0.2) is 28.9 Å². The first-order chi connectivity index (χ1) is 6.50. The van der Waals surface area contributed by atoms with Crippen LogP contribution in [-0.4, -0.2) is 0 Å². The average Bonchev–Trinajstić information content (AvgIpc) is 2.47. The molecule has 0 amide bonds. The van der Waals surface area contributed by atoms with Gasteiger partial charge in [0.2, 0.25) is 0 Å². The van der Waals surface area contributed by atoms with E-state index in [1.807, 2.05) is 18.2 Å². The van der Waals surface area contributed by atoms with Gasteiger partial charge in [0.1, 0.15) is 0 Å². The molecule has 1 aromatic heterocycles. The van der Waals surface area contributed by atoms with Crippen molar-refractivity contribution in [3.63, 3.8) is 0 Å². The van der Waals surface area contributed by atoms with Crippen LogP contribution >= 0.6 is 11.6 Å². The number of para-hydroxylation sites is 1. The summed E-state index contributed by atoms with van der Waals surface area (Å²) in [5.41, 5.74) is 2.09. The highest BCUT2D eigenvalue weighted by Crippen LogP contribution is 2.34. The monoisotopic (exact) mass is 208 g/mol. The molecule has 0 fully saturated rings. The number of hydrogen-bond donors (Lipinski definition) is 0. The summed E-state index contributed by atoms with van der Waals surface area (Å²) in [6.07, 6.45) is 1.80. The van der Waals surface area contributed by atoms with Crippen LogP contribution < -0.4 is 0 Å². The van der Waals surface area contributed by atoms with E-state index in [0.29, 0.717) is 5.02 Å². The van der Waals surface area contributed by atoms with Crippen molar-refractivity contribution in [1.82, 2.24) is 0 Å². The number of benzene rings is 1. The van der Waals surface area contributed by atoms with Crippen molar-refractivity contribution in [2.24, 2.45) is 0 Å². The zero-order valence-electron chi connectivity index (χ0n) is 8.60. The van der Waals surface area contributed by atoms with Crippen molar-refractivity contribution in [3.05, 3.63) is 35.0 Å². The highest BCUT2D eigenvalue weighted by atomic mass is 35.5. The largest absolute Gasteiger partial charge is 0.462 e. The number of hydrogen-bond acceptors (Lipinski definition) is 1. The molecule has 0 bridgehead atoms. The van der Waals surface area contributed by atoms with E-state index < -0.39 is 0 Å². The van der Waals surface area contributed by atoms with Gasteiger partial charge in [-0.2, -0.15) is 0 Å². The SMILES string of the molecule is CC(C)(C)c1coc2c(Cl)cccc12. The molecule has 0 saturated carbocycles. The summed E-state index contributed by atoms with van der Waals surface area (Å²) in [6, 6.07) is 5.85. The second-order valence-corrected chi connectivity index (χ2v) is 4.92. The molecule has 2 heteroatoms. The van der Waals surface area contributed by atoms with E-state index in [1.165, 1.54) is 5.56 Å². The fourth-order valence-corrected chi connectivity index (χ4v) is 1.82. The Morgan fingerprint density at radius 3 is 2.57 bits per heavy atom. The van der Waals surface area contributed by atoms with Gasteiger partial charge < -0.3 is 4.42 Å². The second kappa shape index (κ2) is 3.03. The first-order valence-electron chi connectivity index (χ1n) is 4.66. The molecular formula is C12H13ClO. The molecule has 0 atom stereocenters. The molecule has 2 rings (SSSR count). The predicted molar refractivity (Wildman–Crippen MR) is 59.9 cm³/mol. The lowest BCUT2D eigenvalue weighted by atomic mass is 9.87. The quantitative estimate of drug-likeness (QED) is 0.626. The van der Waals surface area contributed by atoms with E-state index in [-0.39, 0.29) is 5.41 Å². The van der Waals surface area contributed by atoms with E-state index in [9.17, 15) is 0 Å². The van der Waals surface area contributed by atoms with E-state index in [1.54, 1.807) is 6.26 Å². The van der Waals surface area contributed by atoms with Crippen LogP contribution in [0.4, 0.5) is 0 Å². The topological polar surface area (TPSA) is 13.1 Å². The van der Waals surface area contributed by atoms with Gasteiger partial charge in [0.15, 0.2) is 5.58 Å². The summed E-state index contributed by atoms with van der Waals surface area (Å²) >= 11 is 6.03. The van der Waals surface area contributed by atoms with Crippen molar-refractivity contribution in [2.45, 2.75) is 26.2 Å². The third-order valence-corrected chi connectivity index (χ3v) is 2.66. The van der Waals surface area contributed by atoms with E-state index >= 15 is 0 Å². The lowest BCUT2D eigenvalue weighted by Crippen LogP contribution is -2.09. The Hall–Kier alpha value is -0.950. The Kier molecular flexibility index (Phi) is 2.07. The Labute approximate surface area is 88.7 Å². The van der Waals surface area contributed by atoms with Crippen molar-refractivity contribution in [2.75, 3.05) is 0 Å². The second-order valence-electron chi connectivity index (χ2n) is 4.52. The summed E-state index contributed by atoms with van der Waals surface area (Å²) in [5.74, 6) is 0. The zero-order chi connectivity index (χ0) is 10.3. The molecule has 14 heavy (non-hydrogen) atoms. The molecule has 0 aliphatic heterocycles. The third kappa shape index (κ3) is 1.42. The molecule has 0 spiro atoms. The van der Waals surface area contributed by atoms with E-state index in [4.69, 9.17) is 16.0 Å². The van der Waals surface area contributed by atoms with Crippen molar-refractivity contribution in [3.8, 4) is 0 Å². The van der Waals surface area contributed by atoms with Crippen molar-refractivity contribution >= 4 is 22.6 Å². The molecular weight excluding hydrogens is 196 g/mol. The lowest BCUT2D eigenvalue weighted by molar-refractivity contribution is 0.557. The molecule has 1 heterocycles. The maximum absolute atomic E-state index is 6.03. The van der Waals surface area contributed by atoms with Gasteiger partial charge in [-0.25, -0.2) is 0 Å². The minimum absolute atomic E-state index is 0.0932. The Bertz CT molecular complexity index is 463. The predicted octanol–water partition coefficient (Wildman–Crippen LogP) is 4.38. The summed E-state index contributed by atoms with van der Waals surface area (Å²) < 4.78 is 5.47. The van der Waals surface area contributed by atoms with Gasteiger partial charge in [0.05, 0.1) is 11.3 Å². The maximum atomic E-state index is 6.03. The van der Waals surface area contributed by atoms with Gasteiger partial charge in [0.25, 0.3) is 0 Å². The lowest BCUT2D eigenvalue weighted by Gasteiger charge is -2.16. The summed E-state index contributed by atoms with van der Waals surface area (Å²) in [7, 11) is 0. The highest BCUT2D eigenvalue weighted by Gasteiger charge is 2.20. The van der Waals surface area contributed by atoms with Gasteiger partial charge in [-0.15, -0.1) is 0 Å². The number of fused-ring (bicyclic) bond motifs is 1. The van der Waals surface area contributed by atoms with Crippen LogP contribution in [0.2, 0.25) is 5.02 Å². The fraction of sp³-hybridized carbons (Fsp3) is 0.333. The minimum atomic E-state index is 0.0932. The van der Waals surface area contributed by atoms with Gasteiger partial charge in [-0.1, -0.05) is 44.5 Å². The first kappa shape index (κ1) is 9.60. The van der Waals surface area contributed by atoms with Crippen LogP contribution in [0.1, 0.15) is 26.3 Å². The van der Waals surface area contributed by atoms with Gasteiger partial charge in [-0.3, -0.25) is 0 Å². The molecule has 1 nitrogen and oxygen atoms in total. The van der Waals surface area contributed by atoms with Gasteiger partial charge >= 0.3 is 0 Å². The Morgan fingerprint density at radius 1 is 1.21 bits per heavy atom. The smallest absolute Gasteiger partial charge is 0.152 e. The van der Waals surface area contributed by atoms with E-state index in [2.05, 4.69) is 20.8 Å². The Balaban J connectivity index is 2.76. The molecule has 0 N–H and O–H groups in total. The van der Waals surface area contributed by atoms with Crippen molar-refractivity contribution < 1.29 is 4.42 Å². The minimum Gasteiger partial charge on any atom is -0.462 e. The van der Waals surface area contributed by atoms with Crippen molar-refractivity contribution in [1.29, 1.82) is 0 Å². The molecule has 0 aliphatic rings. The summed E-state index contributed by atoms with van der Waals surface area (Å²) in [6.45, 7) is 6.49. The normalized spacial score (nSPS) is 12.3. The molecule has 2 aromatic rings. The summed E-state index contributed by atoms with van der Waals surface area (Å²) in [5, 5.41) is 1.79. The number of furan rings is 1. The molecule has 0 radical (unpaired) electrons.